The minimum atomic E-state index is -2.77. The summed E-state index contributed by atoms with van der Waals surface area (Å²) in [4.78, 5) is 12.9. The molecule has 0 unspecified atom stereocenters. The van der Waals surface area contributed by atoms with Gasteiger partial charge >= 0.3 is 0 Å². The molecule has 0 aromatic carbocycles. The van der Waals surface area contributed by atoms with Gasteiger partial charge in [-0.1, -0.05) is 0 Å². The van der Waals surface area contributed by atoms with Crippen molar-refractivity contribution < 1.29 is 13.5 Å². The van der Waals surface area contributed by atoms with Crippen LogP contribution in [0.3, 0.4) is 0 Å². The van der Waals surface area contributed by atoms with E-state index in [2.05, 4.69) is 20.3 Å². The minimum absolute atomic E-state index is 0.0155. The van der Waals surface area contributed by atoms with Gasteiger partial charge in [0.15, 0.2) is 5.75 Å². The number of pyridine rings is 2. The maximum atomic E-state index is 13.3. The molecule has 0 saturated heterocycles. The van der Waals surface area contributed by atoms with E-state index in [1.165, 1.54) is 30.8 Å². The molecule has 22 heavy (non-hydrogen) atoms. The molecule has 0 aliphatic carbocycles. The summed E-state index contributed by atoms with van der Waals surface area (Å²) in [5.41, 5.74) is 7.61. The number of alkyl halides is 2. The molecular formula is C13H11F2N5OS. The van der Waals surface area contributed by atoms with Gasteiger partial charge in [0.2, 0.25) is 0 Å². The first kappa shape index (κ1) is 14.4. The number of fused-ring (bicyclic) bond motifs is 1. The molecule has 0 aliphatic heterocycles. The maximum absolute atomic E-state index is 13.3. The van der Waals surface area contributed by atoms with Gasteiger partial charge in [0.25, 0.3) is 6.43 Å². The van der Waals surface area contributed by atoms with Gasteiger partial charge < -0.3 is 15.8 Å². The normalized spacial score (nSPS) is 11.1. The van der Waals surface area contributed by atoms with E-state index in [0.29, 0.717) is 11.3 Å². The van der Waals surface area contributed by atoms with Gasteiger partial charge in [-0.05, 0) is 0 Å². The molecule has 3 N–H and O–H groups in total. The summed E-state index contributed by atoms with van der Waals surface area (Å²) >= 11 is 1.38. The lowest BCUT2D eigenvalue weighted by Crippen LogP contribution is -2.05. The van der Waals surface area contributed by atoms with Crippen LogP contribution in [0.4, 0.5) is 20.3 Å². The lowest BCUT2D eigenvalue weighted by Gasteiger charge is -2.15. The molecule has 114 valence electrons. The summed E-state index contributed by atoms with van der Waals surface area (Å²) in [5.74, 6) is 0.206. The van der Waals surface area contributed by atoms with E-state index in [0.717, 1.165) is 4.83 Å². The smallest absolute Gasteiger partial charge is 0.269 e. The third-order valence-corrected chi connectivity index (χ3v) is 3.72. The number of thiazole rings is 1. The lowest BCUT2D eigenvalue weighted by molar-refractivity contribution is 0.149. The summed E-state index contributed by atoms with van der Waals surface area (Å²) in [6.45, 7) is 0. The highest BCUT2D eigenvalue weighted by atomic mass is 32.1. The second kappa shape index (κ2) is 5.68. The molecule has 9 heteroatoms. The number of rotatable bonds is 4. The first-order chi connectivity index (χ1) is 10.6. The van der Waals surface area contributed by atoms with Crippen molar-refractivity contribution in [3.05, 3.63) is 29.5 Å². The Hall–Kier alpha value is -2.55. The molecule has 0 amide bonds. The van der Waals surface area contributed by atoms with Crippen LogP contribution in [0, 0.1) is 0 Å². The molecule has 3 aromatic rings. The van der Waals surface area contributed by atoms with Crippen LogP contribution in [0.2, 0.25) is 0 Å². The number of aromatic nitrogens is 3. The third-order valence-electron chi connectivity index (χ3n) is 2.97. The maximum Gasteiger partial charge on any atom is 0.269 e. The Kier molecular flexibility index (Phi) is 3.72. The molecule has 3 aromatic heterocycles. The zero-order valence-electron chi connectivity index (χ0n) is 11.4. The number of hydrogen-bond acceptors (Lipinski definition) is 7. The quantitative estimate of drug-likeness (QED) is 0.765. The number of halogens is 2. The zero-order valence-corrected chi connectivity index (χ0v) is 12.2. The van der Waals surface area contributed by atoms with Crippen molar-refractivity contribution in [1.82, 2.24) is 15.0 Å². The third kappa shape index (κ3) is 2.50. The Morgan fingerprint density at radius 2 is 2.09 bits per heavy atom. The Morgan fingerprint density at radius 3 is 2.82 bits per heavy atom. The highest BCUT2D eigenvalue weighted by Gasteiger charge is 2.22. The summed E-state index contributed by atoms with van der Waals surface area (Å²) in [6, 6.07) is 1.63. The van der Waals surface area contributed by atoms with Gasteiger partial charge in [0.1, 0.15) is 21.9 Å². The van der Waals surface area contributed by atoms with Crippen molar-refractivity contribution in [2.24, 2.45) is 0 Å². The summed E-state index contributed by atoms with van der Waals surface area (Å²) in [6.07, 6.45) is -0.146. The van der Waals surface area contributed by atoms with Crippen molar-refractivity contribution >= 4 is 33.2 Å². The Balaban J connectivity index is 2.04. The molecule has 0 radical (unpaired) electrons. The van der Waals surface area contributed by atoms with E-state index in [-0.39, 0.29) is 22.8 Å². The molecule has 0 bridgehead atoms. The van der Waals surface area contributed by atoms with E-state index in [4.69, 9.17) is 10.5 Å². The van der Waals surface area contributed by atoms with E-state index in [9.17, 15) is 8.78 Å². The Bertz CT molecular complexity index is 823. The second-order valence-corrected chi connectivity index (χ2v) is 5.13. The monoisotopic (exact) mass is 323 g/mol. The lowest BCUT2D eigenvalue weighted by atomic mass is 10.2. The molecule has 0 aliphatic rings. The fraction of sp³-hybridized carbons (Fsp3) is 0.154. The van der Waals surface area contributed by atoms with Crippen LogP contribution in [-0.2, 0) is 0 Å². The summed E-state index contributed by atoms with van der Waals surface area (Å²) in [7, 11) is 1.49. The highest BCUT2D eigenvalue weighted by molar-refractivity contribution is 7.16. The SMILES string of the molecule is CNc1c(N)ncc(Oc2cnc3scnc3c2)c1C(F)F. The molecular weight excluding hydrogens is 312 g/mol. The standard InChI is InChI=1S/C13H11F2N5OS/c1-17-10-9(11(14)15)8(4-18-12(10)16)21-6-2-7-13(19-3-6)22-5-20-7/h2-5,11,17H,1H3,(H2,16,18). The Morgan fingerprint density at radius 1 is 1.27 bits per heavy atom. The van der Waals surface area contributed by atoms with Gasteiger partial charge in [0.05, 0.1) is 29.2 Å². The molecule has 0 spiro atoms. The van der Waals surface area contributed by atoms with E-state index in [1.54, 1.807) is 11.6 Å². The summed E-state index contributed by atoms with van der Waals surface area (Å²) < 4.78 is 32.2. The molecule has 0 fully saturated rings. The minimum Gasteiger partial charge on any atom is -0.453 e. The molecule has 3 heterocycles. The zero-order chi connectivity index (χ0) is 15.7. The van der Waals surface area contributed by atoms with Crippen LogP contribution in [0.5, 0.6) is 11.5 Å². The van der Waals surface area contributed by atoms with E-state index < -0.39 is 6.43 Å². The predicted molar refractivity (Wildman–Crippen MR) is 80.6 cm³/mol. The van der Waals surface area contributed by atoms with Gasteiger partial charge in [0, 0.05) is 13.1 Å². The fourth-order valence-electron chi connectivity index (χ4n) is 2.01. The first-order valence-corrected chi connectivity index (χ1v) is 7.09. The van der Waals surface area contributed by atoms with Crippen LogP contribution >= 0.6 is 11.3 Å². The number of hydrogen-bond donors (Lipinski definition) is 2. The summed E-state index contributed by atoms with van der Waals surface area (Å²) in [5, 5.41) is 2.62. The Labute approximate surface area is 128 Å². The van der Waals surface area contributed by atoms with Crippen LogP contribution < -0.4 is 15.8 Å². The van der Waals surface area contributed by atoms with Crippen molar-refractivity contribution in [3.63, 3.8) is 0 Å². The first-order valence-electron chi connectivity index (χ1n) is 6.21. The van der Waals surface area contributed by atoms with Crippen LogP contribution in [0.25, 0.3) is 10.3 Å². The highest BCUT2D eigenvalue weighted by Crippen LogP contribution is 2.39. The van der Waals surface area contributed by atoms with E-state index >= 15 is 0 Å². The number of nitrogens with zero attached hydrogens (tertiary/aromatic N) is 3. The average molecular weight is 323 g/mol. The van der Waals surface area contributed by atoms with Gasteiger partial charge in [-0.15, -0.1) is 11.3 Å². The number of nitrogens with two attached hydrogens (primary N) is 1. The molecule has 3 rings (SSSR count). The van der Waals surface area contributed by atoms with Crippen molar-refractivity contribution in [2.75, 3.05) is 18.1 Å². The molecule has 0 atom stereocenters. The van der Waals surface area contributed by atoms with Crippen LogP contribution in [0.1, 0.15) is 12.0 Å². The second-order valence-electron chi connectivity index (χ2n) is 4.30. The number of anilines is 2. The number of ether oxygens (including phenoxy) is 1. The predicted octanol–water partition coefficient (Wildman–Crippen LogP) is 3.44. The number of nitrogens with one attached hydrogen (secondary N) is 1. The van der Waals surface area contributed by atoms with Crippen LogP contribution in [0.15, 0.2) is 24.0 Å². The van der Waals surface area contributed by atoms with Gasteiger partial charge in [-0.25, -0.2) is 23.7 Å². The topological polar surface area (TPSA) is 86.0 Å². The van der Waals surface area contributed by atoms with E-state index in [1.807, 2.05) is 0 Å². The van der Waals surface area contributed by atoms with Gasteiger partial charge in [-0.2, -0.15) is 0 Å². The average Bonchev–Trinajstić information content (AvgIpc) is 2.96. The van der Waals surface area contributed by atoms with Crippen molar-refractivity contribution in [2.45, 2.75) is 6.43 Å². The van der Waals surface area contributed by atoms with Crippen molar-refractivity contribution in [3.8, 4) is 11.5 Å². The fourth-order valence-corrected chi connectivity index (χ4v) is 2.62. The molecule has 0 saturated carbocycles. The number of nitrogen functional groups attached to an aromatic ring is 1. The molecule has 6 nitrogen and oxygen atoms in total. The van der Waals surface area contributed by atoms with Crippen LogP contribution in [-0.4, -0.2) is 22.0 Å². The largest absolute Gasteiger partial charge is 0.453 e. The van der Waals surface area contributed by atoms with Gasteiger partial charge in [-0.3, -0.25) is 0 Å². The van der Waals surface area contributed by atoms with Crippen molar-refractivity contribution in [1.29, 1.82) is 0 Å².